The van der Waals surface area contributed by atoms with Gasteiger partial charge in [-0.15, -0.1) is 0 Å². The van der Waals surface area contributed by atoms with Gasteiger partial charge in [-0.05, 0) is 48.8 Å². The first-order valence-corrected chi connectivity index (χ1v) is 11.6. The number of amides is 4. The van der Waals surface area contributed by atoms with Crippen LogP contribution in [0.15, 0.2) is 22.6 Å². The Bertz CT molecular complexity index is 1100. The Morgan fingerprint density at radius 3 is 2.58 bits per heavy atom. The fourth-order valence-electron chi connectivity index (χ4n) is 5.33. The quantitative estimate of drug-likeness (QED) is 0.709. The van der Waals surface area contributed by atoms with E-state index < -0.39 is 0 Å². The molecular weight excluding hydrogens is 424 g/mol. The zero-order chi connectivity index (χ0) is 23.1. The Morgan fingerprint density at radius 2 is 1.82 bits per heavy atom. The Labute approximate surface area is 191 Å². The SMILES string of the molecule is Cc1nc2cc(C(=O)N3CCCC(C4CN(C(=O)CC5CC(=O)NC(=O)C5)C4)C3)ccc2o1. The third-order valence-corrected chi connectivity index (χ3v) is 7.11. The molecule has 9 nitrogen and oxygen atoms in total. The molecule has 0 saturated carbocycles. The van der Waals surface area contributed by atoms with Gasteiger partial charge in [0.1, 0.15) is 5.52 Å². The molecule has 1 aromatic carbocycles. The molecule has 1 atom stereocenters. The molecule has 1 N–H and O–H groups in total. The number of hydrogen-bond donors (Lipinski definition) is 1. The van der Waals surface area contributed by atoms with Crippen molar-refractivity contribution < 1.29 is 23.6 Å². The summed E-state index contributed by atoms with van der Waals surface area (Å²) in [7, 11) is 0. The number of imide groups is 1. The molecule has 3 fully saturated rings. The molecule has 1 aromatic heterocycles. The van der Waals surface area contributed by atoms with Gasteiger partial charge in [-0.1, -0.05) is 0 Å². The predicted octanol–water partition coefficient (Wildman–Crippen LogP) is 1.89. The van der Waals surface area contributed by atoms with Gasteiger partial charge in [0, 0.05) is 57.9 Å². The summed E-state index contributed by atoms with van der Waals surface area (Å²) < 4.78 is 5.50. The molecule has 9 heteroatoms. The molecule has 3 saturated heterocycles. The van der Waals surface area contributed by atoms with Gasteiger partial charge in [0.05, 0.1) is 0 Å². The van der Waals surface area contributed by atoms with E-state index in [-0.39, 0.29) is 48.8 Å². The first kappa shape index (κ1) is 21.6. The van der Waals surface area contributed by atoms with Crippen LogP contribution in [0.2, 0.25) is 0 Å². The second kappa shape index (κ2) is 8.61. The molecule has 2 aromatic rings. The van der Waals surface area contributed by atoms with Crippen LogP contribution in [0.5, 0.6) is 0 Å². The molecule has 4 amide bonds. The van der Waals surface area contributed by atoms with Gasteiger partial charge in [-0.25, -0.2) is 4.98 Å². The third kappa shape index (κ3) is 4.49. The van der Waals surface area contributed by atoms with Gasteiger partial charge < -0.3 is 14.2 Å². The molecule has 174 valence electrons. The Balaban J connectivity index is 1.14. The Kier molecular flexibility index (Phi) is 5.64. The molecule has 0 radical (unpaired) electrons. The summed E-state index contributed by atoms with van der Waals surface area (Å²) >= 11 is 0. The van der Waals surface area contributed by atoms with E-state index >= 15 is 0 Å². The van der Waals surface area contributed by atoms with Crippen molar-refractivity contribution in [2.75, 3.05) is 26.2 Å². The number of likely N-dealkylation sites (tertiary alicyclic amines) is 2. The van der Waals surface area contributed by atoms with Gasteiger partial charge in [-0.2, -0.15) is 0 Å². The smallest absolute Gasteiger partial charge is 0.253 e. The van der Waals surface area contributed by atoms with E-state index in [0.29, 0.717) is 54.0 Å². The minimum atomic E-state index is -0.296. The normalized spacial score (nSPS) is 22.4. The summed E-state index contributed by atoms with van der Waals surface area (Å²) in [6.07, 6.45) is 2.70. The van der Waals surface area contributed by atoms with Crippen molar-refractivity contribution >= 4 is 34.7 Å². The lowest BCUT2D eigenvalue weighted by Gasteiger charge is -2.47. The highest BCUT2D eigenvalue weighted by Gasteiger charge is 2.39. The number of piperidine rings is 2. The zero-order valence-corrected chi connectivity index (χ0v) is 18.7. The van der Waals surface area contributed by atoms with Crippen LogP contribution >= 0.6 is 0 Å². The van der Waals surface area contributed by atoms with Crippen molar-refractivity contribution in [2.24, 2.45) is 17.8 Å². The van der Waals surface area contributed by atoms with E-state index in [1.165, 1.54) is 0 Å². The molecule has 1 unspecified atom stereocenters. The molecule has 0 aliphatic carbocycles. The van der Waals surface area contributed by atoms with Gasteiger partial charge in [0.25, 0.3) is 5.91 Å². The highest BCUT2D eigenvalue weighted by Crippen LogP contribution is 2.33. The lowest BCUT2D eigenvalue weighted by atomic mass is 9.80. The molecule has 0 bridgehead atoms. The van der Waals surface area contributed by atoms with Crippen molar-refractivity contribution in [1.82, 2.24) is 20.1 Å². The largest absolute Gasteiger partial charge is 0.441 e. The maximum atomic E-state index is 13.1. The number of hydrogen-bond acceptors (Lipinski definition) is 6. The van der Waals surface area contributed by atoms with E-state index in [1.54, 1.807) is 25.1 Å². The van der Waals surface area contributed by atoms with Crippen LogP contribution in [-0.4, -0.2) is 64.6 Å². The second-order valence-corrected chi connectivity index (χ2v) is 9.58. The lowest BCUT2D eigenvalue weighted by molar-refractivity contribution is -0.142. The number of carbonyl (C=O) groups excluding carboxylic acids is 4. The van der Waals surface area contributed by atoms with E-state index in [1.807, 2.05) is 9.80 Å². The van der Waals surface area contributed by atoms with Crippen molar-refractivity contribution in [3.8, 4) is 0 Å². The number of rotatable bonds is 4. The summed E-state index contributed by atoms with van der Waals surface area (Å²) in [5, 5.41) is 2.28. The summed E-state index contributed by atoms with van der Waals surface area (Å²) in [4.78, 5) is 56.9. The van der Waals surface area contributed by atoms with Crippen molar-refractivity contribution in [2.45, 2.75) is 39.0 Å². The molecule has 3 aliphatic rings. The number of fused-ring (bicyclic) bond motifs is 1. The number of benzene rings is 1. The maximum absolute atomic E-state index is 13.1. The summed E-state index contributed by atoms with van der Waals surface area (Å²) in [5.41, 5.74) is 1.99. The van der Waals surface area contributed by atoms with Crippen LogP contribution < -0.4 is 5.32 Å². The molecule has 0 spiro atoms. The highest BCUT2D eigenvalue weighted by molar-refractivity contribution is 5.98. The lowest BCUT2D eigenvalue weighted by Crippen LogP contribution is -2.56. The topological polar surface area (TPSA) is 113 Å². The Hall–Kier alpha value is -3.23. The van der Waals surface area contributed by atoms with Crippen molar-refractivity contribution in [3.63, 3.8) is 0 Å². The van der Waals surface area contributed by atoms with Crippen LogP contribution in [-0.2, 0) is 14.4 Å². The molecule has 3 aliphatic heterocycles. The highest BCUT2D eigenvalue weighted by atomic mass is 16.3. The van der Waals surface area contributed by atoms with Crippen LogP contribution in [0.4, 0.5) is 0 Å². The van der Waals surface area contributed by atoms with Crippen molar-refractivity contribution in [3.05, 3.63) is 29.7 Å². The van der Waals surface area contributed by atoms with Gasteiger partial charge in [0.15, 0.2) is 11.5 Å². The summed E-state index contributed by atoms with van der Waals surface area (Å²) in [6.45, 7) is 4.58. The van der Waals surface area contributed by atoms with E-state index in [2.05, 4.69) is 10.3 Å². The first-order chi connectivity index (χ1) is 15.9. The summed E-state index contributed by atoms with van der Waals surface area (Å²) in [6, 6.07) is 5.37. The average molecular weight is 453 g/mol. The third-order valence-electron chi connectivity index (χ3n) is 7.11. The van der Waals surface area contributed by atoms with E-state index in [4.69, 9.17) is 4.42 Å². The second-order valence-electron chi connectivity index (χ2n) is 9.58. The molecular formula is C24H28N4O5. The maximum Gasteiger partial charge on any atom is 0.253 e. The number of carbonyl (C=O) groups is 4. The Morgan fingerprint density at radius 1 is 1.09 bits per heavy atom. The number of nitrogens with one attached hydrogen (secondary N) is 1. The standard InChI is InChI=1S/C24H28N4O5/c1-14-25-19-10-16(4-5-20(19)33-14)24(32)27-6-2-3-17(11-27)18-12-28(13-18)23(31)9-15-7-21(29)26-22(30)8-15/h4-5,10,15,17-18H,2-3,6-9,11-13H2,1H3,(H,26,29,30). The molecule has 4 heterocycles. The predicted molar refractivity (Wildman–Crippen MR) is 118 cm³/mol. The van der Waals surface area contributed by atoms with Crippen LogP contribution in [0.25, 0.3) is 11.1 Å². The molecule has 33 heavy (non-hydrogen) atoms. The van der Waals surface area contributed by atoms with E-state index in [9.17, 15) is 19.2 Å². The van der Waals surface area contributed by atoms with Gasteiger partial charge in [0.2, 0.25) is 17.7 Å². The fourth-order valence-corrected chi connectivity index (χ4v) is 5.33. The minimum Gasteiger partial charge on any atom is -0.441 e. The van der Waals surface area contributed by atoms with Crippen LogP contribution in [0.1, 0.15) is 48.4 Å². The van der Waals surface area contributed by atoms with Crippen LogP contribution in [0.3, 0.4) is 0 Å². The number of aromatic nitrogens is 1. The van der Waals surface area contributed by atoms with Crippen LogP contribution in [0, 0.1) is 24.7 Å². The minimum absolute atomic E-state index is 0.00903. The van der Waals surface area contributed by atoms with E-state index in [0.717, 1.165) is 19.4 Å². The first-order valence-electron chi connectivity index (χ1n) is 11.6. The number of oxazole rings is 1. The van der Waals surface area contributed by atoms with Gasteiger partial charge in [-0.3, -0.25) is 24.5 Å². The zero-order valence-electron chi connectivity index (χ0n) is 18.7. The average Bonchev–Trinajstić information content (AvgIpc) is 3.10. The molecule has 5 rings (SSSR count). The number of nitrogens with zero attached hydrogens (tertiary/aromatic N) is 3. The van der Waals surface area contributed by atoms with Crippen molar-refractivity contribution in [1.29, 1.82) is 0 Å². The monoisotopic (exact) mass is 452 g/mol. The van der Waals surface area contributed by atoms with Gasteiger partial charge >= 0.3 is 0 Å². The number of aryl methyl sites for hydroxylation is 1. The summed E-state index contributed by atoms with van der Waals surface area (Å²) in [5.74, 6) is 0.550. The fraction of sp³-hybridized carbons (Fsp3) is 0.542.